The largest absolute Gasteiger partial charge is 0.312 e. The number of rotatable bonds is 5. The van der Waals surface area contributed by atoms with E-state index in [-0.39, 0.29) is 17.5 Å². The third kappa shape index (κ3) is 3.56. The van der Waals surface area contributed by atoms with Gasteiger partial charge in [0.25, 0.3) is 0 Å². The summed E-state index contributed by atoms with van der Waals surface area (Å²) in [5.74, 6) is -0.969. The Labute approximate surface area is 95.9 Å². The van der Waals surface area contributed by atoms with E-state index < -0.39 is 11.6 Å². The summed E-state index contributed by atoms with van der Waals surface area (Å²) < 4.78 is 26.5. The molecule has 3 heteroatoms. The fourth-order valence-corrected chi connectivity index (χ4v) is 1.35. The summed E-state index contributed by atoms with van der Waals surface area (Å²) in [7, 11) is 0. The summed E-state index contributed by atoms with van der Waals surface area (Å²) in [5, 5.41) is 3.09. The van der Waals surface area contributed by atoms with Crippen molar-refractivity contribution < 1.29 is 8.78 Å². The number of nitrogens with one attached hydrogen (secondary N) is 1. The first-order valence-electron chi connectivity index (χ1n) is 5.60. The van der Waals surface area contributed by atoms with E-state index in [2.05, 4.69) is 26.1 Å². The van der Waals surface area contributed by atoms with E-state index in [1.54, 1.807) is 0 Å². The van der Waals surface area contributed by atoms with Gasteiger partial charge in [-0.05, 0) is 24.0 Å². The fourth-order valence-electron chi connectivity index (χ4n) is 1.35. The molecule has 16 heavy (non-hydrogen) atoms. The number of hydrogen-bond acceptors (Lipinski definition) is 1. The maximum atomic E-state index is 13.3. The lowest BCUT2D eigenvalue weighted by Gasteiger charge is -2.23. The van der Waals surface area contributed by atoms with Gasteiger partial charge in [-0.1, -0.05) is 26.8 Å². The molecular formula is C13H19F2N. The molecule has 0 unspecified atom stereocenters. The molecule has 0 bridgehead atoms. The Kier molecular flexibility index (Phi) is 4.42. The average molecular weight is 227 g/mol. The maximum Gasteiger partial charge on any atom is 0.130 e. The van der Waals surface area contributed by atoms with E-state index in [1.165, 1.54) is 18.2 Å². The molecule has 1 nitrogen and oxygen atoms in total. The molecular weight excluding hydrogens is 208 g/mol. The summed E-state index contributed by atoms with van der Waals surface area (Å²) in [6.07, 6.45) is 1.03. The lowest BCUT2D eigenvalue weighted by atomic mass is 9.90. The van der Waals surface area contributed by atoms with Gasteiger partial charge in [0.1, 0.15) is 11.6 Å². The SMILES string of the molecule is CCC(C)(C)CNCc1c(F)cccc1F. The van der Waals surface area contributed by atoms with Crippen LogP contribution in [0.25, 0.3) is 0 Å². The van der Waals surface area contributed by atoms with Gasteiger partial charge >= 0.3 is 0 Å². The fraction of sp³-hybridized carbons (Fsp3) is 0.538. The molecule has 0 aliphatic heterocycles. The van der Waals surface area contributed by atoms with Gasteiger partial charge in [-0.2, -0.15) is 0 Å². The average Bonchev–Trinajstić information content (AvgIpc) is 2.22. The molecule has 0 radical (unpaired) electrons. The molecule has 1 N–H and O–H groups in total. The van der Waals surface area contributed by atoms with Crippen molar-refractivity contribution in [1.82, 2.24) is 5.32 Å². The topological polar surface area (TPSA) is 12.0 Å². The summed E-state index contributed by atoms with van der Waals surface area (Å²) in [6.45, 7) is 7.33. The van der Waals surface area contributed by atoms with Crippen molar-refractivity contribution in [2.24, 2.45) is 5.41 Å². The Hall–Kier alpha value is -0.960. The van der Waals surface area contributed by atoms with E-state index in [0.29, 0.717) is 0 Å². The third-order valence-electron chi connectivity index (χ3n) is 2.92. The van der Waals surface area contributed by atoms with E-state index in [9.17, 15) is 8.78 Å². The summed E-state index contributed by atoms with van der Waals surface area (Å²) in [5.41, 5.74) is 0.274. The highest BCUT2D eigenvalue weighted by Gasteiger charge is 2.15. The number of hydrogen-bond donors (Lipinski definition) is 1. The van der Waals surface area contributed by atoms with Gasteiger partial charge in [-0.25, -0.2) is 8.78 Å². The van der Waals surface area contributed by atoms with Gasteiger partial charge in [-0.3, -0.25) is 0 Å². The van der Waals surface area contributed by atoms with Crippen LogP contribution in [0.4, 0.5) is 8.78 Å². The van der Waals surface area contributed by atoms with Crippen molar-refractivity contribution in [3.05, 3.63) is 35.4 Å². The Morgan fingerprint density at radius 1 is 1.19 bits per heavy atom. The van der Waals surface area contributed by atoms with E-state index in [0.717, 1.165) is 13.0 Å². The van der Waals surface area contributed by atoms with E-state index in [1.807, 2.05) is 0 Å². The standard InChI is InChI=1S/C13H19F2N/c1-4-13(2,3)9-16-8-10-11(14)6-5-7-12(10)15/h5-7,16H,4,8-9H2,1-3H3. The highest BCUT2D eigenvalue weighted by Crippen LogP contribution is 2.18. The second-order valence-corrected chi connectivity index (χ2v) is 4.82. The van der Waals surface area contributed by atoms with Crippen LogP contribution < -0.4 is 5.32 Å². The molecule has 0 heterocycles. The molecule has 0 aliphatic carbocycles. The molecule has 0 spiro atoms. The minimum absolute atomic E-state index is 0.120. The minimum Gasteiger partial charge on any atom is -0.312 e. The second-order valence-electron chi connectivity index (χ2n) is 4.82. The predicted octanol–water partition coefficient (Wildman–Crippen LogP) is 3.49. The summed E-state index contributed by atoms with van der Waals surface area (Å²) in [4.78, 5) is 0. The van der Waals surface area contributed by atoms with Gasteiger partial charge in [0.15, 0.2) is 0 Å². The third-order valence-corrected chi connectivity index (χ3v) is 2.92. The molecule has 0 atom stereocenters. The van der Waals surface area contributed by atoms with Crippen LogP contribution in [0.15, 0.2) is 18.2 Å². The molecule has 0 aromatic heterocycles. The Morgan fingerprint density at radius 3 is 2.25 bits per heavy atom. The van der Waals surface area contributed by atoms with Gasteiger partial charge in [-0.15, -0.1) is 0 Å². The second kappa shape index (κ2) is 5.39. The Bertz CT molecular complexity index is 328. The first-order chi connectivity index (χ1) is 7.46. The molecule has 0 saturated heterocycles. The van der Waals surface area contributed by atoms with Crippen molar-refractivity contribution in [3.63, 3.8) is 0 Å². The highest BCUT2D eigenvalue weighted by molar-refractivity contribution is 5.19. The van der Waals surface area contributed by atoms with Gasteiger partial charge in [0.2, 0.25) is 0 Å². The first kappa shape index (κ1) is 13.1. The molecule has 0 amide bonds. The zero-order valence-electron chi connectivity index (χ0n) is 10.1. The zero-order chi connectivity index (χ0) is 12.2. The van der Waals surface area contributed by atoms with Crippen LogP contribution in [0.5, 0.6) is 0 Å². The maximum absolute atomic E-state index is 13.3. The van der Waals surface area contributed by atoms with E-state index in [4.69, 9.17) is 0 Å². The van der Waals surface area contributed by atoms with Crippen LogP contribution in [-0.2, 0) is 6.54 Å². The normalized spacial score (nSPS) is 11.8. The minimum atomic E-state index is -0.484. The van der Waals surface area contributed by atoms with Crippen LogP contribution in [0.1, 0.15) is 32.8 Å². The number of benzene rings is 1. The van der Waals surface area contributed by atoms with Crippen molar-refractivity contribution in [1.29, 1.82) is 0 Å². The molecule has 1 aromatic carbocycles. The van der Waals surface area contributed by atoms with Crippen molar-refractivity contribution in [3.8, 4) is 0 Å². The molecule has 0 aliphatic rings. The summed E-state index contributed by atoms with van der Waals surface area (Å²) in [6, 6.07) is 3.94. The quantitative estimate of drug-likeness (QED) is 0.812. The molecule has 90 valence electrons. The highest BCUT2D eigenvalue weighted by atomic mass is 19.1. The molecule has 1 rings (SSSR count). The molecule has 1 aromatic rings. The van der Waals surface area contributed by atoms with E-state index >= 15 is 0 Å². The van der Waals surface area contributed by atoms with Crippen molar-refractivity contribution in [2.45, 2.75) is 33.7 Å². The monoisotopic (exact) mass is 227 g/mol. The van der Waals surface area contributed by atoms with Gasteiger partial charge in [0, 0.05) is 18.7 Å². The zero-order valence-corrected chi connectivity index (χ0v) is 10.1. The van der Waals surface area contributed by atoms with Crippen LogP contribution in [0.3, 0.4) is 0 Å². The van der Waals surface area contributed by atoms with Crippen LogP contribution >= 0.6 is 0 Å². The lowest BCUT2D eigenvalue weighted by Crippen LogP contribution is -2.29. The van der Waals surface area contributed by atoms with Crippen LogP contribution in [-0.4, -0.2) is 6.54 Å². The smallest absolute Gasteiger partial charge is 0.130 e. The molecule has 0 fully saturated rings. The number of halogens is 2. The lowest BCUT2D eigenvalue weighted by molar-refractivity contribution is 0.325. The Balaban J connectivity index is 2.56. The predicted molar refractivity (Wildman–Crippen MR) is 62.1 cm³/mol. The van der Waals surface area contributed by atoms with Crippen molar-refractivity contribution in [2.75, 3.05) is 6.54 Å². The Morgan fingerprint density at radius 2 is 1.75 bits per heavy atom. The molecule has 0 saturated carbocycles. The van der Waals surface area contributed by atoms with Crippen LogP contribution in [0.2, 0.25) is 0 Å². The van der Waals surface area contributed by atoms with Gasteiger partial charge < -0.3 is 5.32 Å². The summed E-state index contributed by atoms with van der Waals surface area (Å²) >= 11 is 0. The van der Waals surface area contributed by atoms with Crippen LogP contribution in [0, 0.1) is 17.0 Å². The van der Waals surface area contributed by atoms with Gasteiger partial charge in [0.05, 0.1) is 0 Å². The first-order valence-corrected chi connectivity index (χ1v) is 5.60. The van der Waals surface area contributed by atoms with Crippen molar-refractivity contribution >= 4 is 0 Å².